The Bertz CT molecular complexity index is 141. The Balaban J connectivity index is 2.18. The topological polar surface area (TPSA) is 40.5 Å². The van der Waals surface area contributed by atoms with Crippen LogP contribution < -0.4 is 0 Å². The number of aliphatic hydroxyl groups is 2. The maximum Gasteiger partial charge on any atom is 0.0658 e. The van der Waals surface area contributed by atoms with Crippen LogP contribution >= 0.6 is 11.8 Å². The smallest absolute Gasteiger partial charge is 0.0658 e. The van der Waals surface area contributed by atoms with Gasteiger partial charge in [0.1, 0.15) is 0 Å². The van der Waals surface area contributed by atoms with Crippen LogP contribution in [0.15, 0.2) is 0 Å². The SMILES string of the molecule is CC(CO)CS[C@H]1CCCC[C@@H]1O. The van der Waals surface area contributed by atoms with E-state index in [4.69, 9.17) is 5.11 Å². The molecule has 2 N–H and O–H groups in total. The van der Waals surface area contributed by atoms with Gasteiger partial charge in [0, 0.05) is 11.9 Å². The third-order valence-corrected chi connectivity index (χ3v) is 4.31. The van der Waals surface area contributed by atoms with Gasteiger partial charge in [-0.2, -0.15) is 11.8 Å². The molecule has 0 amide bonds. The van der Waals surface area contributed by atoms with Crippen LogP contribution in [0, 0.1) is 5.92 Å². The highest BCUT2D eigenvalue weighted by atomic mass is 32.2. The first-order valence-electron chi connectivity index (χ1n) is 5.14. The van der Waals surface area contributed by atoms with E-state index in [0.29, 0.717) is 11.2 Å². The van der Waals surface area contributed by atoms with E-state index in [2.05, 4.69) is 0 Å². The van der Waals surface area contributed by atoms with Crippen molar-refractivity contribution in [1.29, 1.82) is 0 Å². The van der Waals surface area contributed by atoms with Crippen LogP contribution in [0.1, 0.15) is 32.6 Å². The van der Waals surface area contributed by atoms with Crippen molar-refractivity contribution in [2.75, 3.05) is 12.4 Å². The second-order valence-corrected chi connectivity index (χ2v) is 5.28. The second kappa shape index (κ2) is 5.89. The molecule has 1 fully saturated rings. The first kappa shape index (κ1) is 11.3. The predicted molar refractivity (Wildman–Crippen MR) is 57.0 cm³/mol. The molecule has 0 aromatic rings. The maximum absolute atomic E-state index is 9.67. The molecule has 3 atom stereocenters. The minimum atomic E-state index is -0.107. The minimum Gasteiger partial charge on any atom is -0.396 e. The predicted octanol–water partition coefficient (Wildman–Crippen LogP) is 1.65. The average Bonchev–Trinajstić information content (AvgIpc) is 2.16. The van der Waals surface area contributed by atoms with Gasteiger partial charge < -0.3 is 10.2 Å². The Morgan fingerprint density at radius 1 is 1.38 bits per heavy atom. The first-order chi connectivity index (χ1) is 6.24. The Morgan fingerprint density at radius 3 is 2.69 bits per heavy atom. The number of aliphatic hydroxyl groups excluding tert-OH is 2. The van der Waals surface area contributed by atoms with Gasteiger partial charge in [-0.1, -0.05) is 19.8 Å². The third kappa shape index (κ3) is 3.88. The van der Waals surface area contributed by atoms with Gasteiger partial charge in [0.15, 0.2) is 0 Å². The quantitative estimate of drug-likeness (QED) is 0.731. The van der Waals surface area contributed by atoms with Crippen molar-refractivity contribution >= 4 is 11.8 Å². The highest BCUT2D eigenvalue weighted by Crippen LogP contribution is 2.29. The van der Waals surface area contributed by atoms with Gasteiger partial charge in [-0.3, -0.25) is 0 Å². The Morgan fingerprint density at radius 2 is 2.08 bits per heavy atom. The highest BCUT2D eigenvalue weighted by Gasteiger charge is 2.23. The van der Waals surface area contributed by atoms with Gasteiger partial charge in [-0.25, -0.2) is 0 Å². The van der Waals surface area contributed by atoms with Gasteiger partial charge >= 0.3 is 0 Å². The van der Waals surface area contributed by atoms with Crippen molar-refractivity contribution < 1.29 is 10.2 Å². The molecular formula is C10H20O2S. The largest absolute Gasteiger partial charge is 0.396 e. The molecule has 0 aromatic carbocycles. The van der Waals surface area contributed by atoms with Crippen LogP contribution in [0.2, 0.25) is 0 Å². The fourth-order valence-electron chi connectivity index (χ4n) is 1.61. The molecule has 0 aliphatic heterocycles. The molecule has 0 radical (unpaired) electrons. The second-order valence-electron chi connectivity index (χ2n) is 4.01. The van der Waals surface area contributed by atoms with Crippen LogP contribution in [0.3, 0.4) is 0 Å². The van der Waals surface area contributed by atoms with Crippen LogP contribution in [-0.2, 0) is 0 Å². The number of thioether (sulfide) groups is 1. The molecule has 1 aliphatic rings. The summed E-state index contributed by atoms with van der Waals surface area (Å²) in [5.41, 5.74) is 0. The summed E-state index contributed by atoms with van der Waals surface area (Å²) in [7, 11) is 0. The van der Waals surface area contributed by atoms with E-state index in [1.54, 1.807) is 0 Å². The van der Waals surface area contributed by atoms with E-state index < -0.39 is 0 Å². The molecule has 3 heteroatoms. The van der Waals surface area contributed by atoms with Gasteiger partial charge in [0.05, 0.1) is 6.10 Å². The monoisotopic (exact) mass is 204 g/mol. The molecule has 0 spiro atoms. The Kier molecular flexibility index (Phi) is 5.14. The molecule has 0 aromatic heterocycles. The Labute approximate surface area is 84.7 Å². The van der Waals surface area contributed by atoms with Crippen LogP contribution in [0.5, 0.6) is 0 Å². The van der Waals surface area contributed by atoms with E-state index in [0.717, 1.165) is 18.6 Å². The van der Waals surface area contributed by atoms with Crippen molar-refractivity contribution in [2.24, 2.45) is 5.92 Å². The molecular weight excluding hydrogens is 184 g/mol. The van der Waals surface area contributed by atoms with Crippen molar-refractivity contribution in [1.82, 2.24) is 0 Å². The molecule has 1 rings (SSSR count). The molecule has 1 saturated carbocycles. The summed E-state index contributed by atoms with van der Waals surface area (Å²) < 4.78 is 0. The zero-order valence-electron chi connectivity index (χ0n) is 8.28. The van der Waals surface area contributed by atoms with Crippen molar-refractivity contribution in [3.63, 3.8) is 0 Å². The summed E-state index contributed by atoms with van der Waals surface area (Å²) in [6.07, 6.45) is 4.43. The summed E-state index contributed by atoms with van der Waals surface area (Å²) in [4.78, 5) is 0. The average molecular weight is 204 g/mol. The third-order valence-electron chi connectivity index (χ3n) is 2.57. The zero-order chi connectivity index (χ0) is 9.68. The van der Waals surface area contributed by atoms with E-state index in [1.165, 1.54) is 12.8 Å². The lowest BCUT2D eigenvalue weighted by atomic mass is 9.97. The van der Waals surface area contributed by atoms with Crippen LogP contribution in [0.25, 0.3) is 0 Å². The molecule has 2 nitrogen and oxygen atoms in total. The fourth-order valence-corrected chi connectivity index (χ4v) is 2.98. The number of hydrogen-bond donors (Lipinski definition) is 2. The van der Waals surface area contributed by atoms with Crippen molar-refractivity contribution in [2.45, 2.75) is 44.0 Å². The summed E-state index contributed by atoms with van der Waals surface area (Å²) in [6.45, 7) is 2.30. The molecule has 0 bridgehead atoms. The van der Waals surface area contributed by atoms with E-state index in [9.17, 15) is 5.11 Å². The van der Waals surface area contributed by atoms with Crippen LogP contribution in [-0.4, -0.2) is 33.9 Å². The summed E-state index contributed by atoms with van der Waals surface area (Å²) in [6, 6.07) is 0. The number of hydrogen-bond acceptors (Lipinski definition) is 3. The zero-order valence-corrected chi connectivity index (χ0v) is 9.09. The summed E-state index contributed by atoms with van der Waals surface area (Å²) in [5.74, 6) is 1.33. The van der Waals surface area contributed by atoms with Gasteiger partial charge in [-0.15, -0.1) is 0 Å². The number of rotatable bonds is 4. The highest BCUT2D eigenvalue weighted by molar-refractivity contribution is 7.99. The van der Waals surface area contributed by atoms with E-state index in [-0.39, 0.29) is 12.7 Å². The molecule has 0 heterocycles. The van der Waals surface area contributed by atoms with Crippen molar-refractivity contribution in [3.05, 3.63) is 0 Å². The van der Waals surface area contributed by atoms with E-state index in [1.807, 2.05) is 18.7 Å². The lowest BCUT2D eigenvalue weighted by molar-refractivity contribution is 0.136. The summed E-state index contributed by atoms with van der Waals surface area (Å²) >= 11 is 1.83. The maximum atomic E-state index is 9.67. The molecule has 0 saturated heterocycles. The molecule has 13 heavy (non-hydrogen) atoms. The van der Waals surface area contributed by atoms with E-state index >= 15 is 0 Å². The van der Waals surface area contributed by atoms with Gasteiger partial charge in [-0.05, 0) is 24.5 Å². The fraction of sp³-hybridized carbons (Fsp3) is 1.00. The van der Waals surface area contributed by atoms with Gasteiger partial charge in [0.2, 0.25) is 0 Å². The van der Waals surface area contributed by atoms with Crippen LogP contribution in [0.4, 0.5) is 0 Å². The lowest BCUT2D eigenvalue weighted by Crippen LogP contribution is -2.27. The Hall–Kier alpha value is 0.270. The standard InChI is InChI=1S/C10H20O2S/c1-8(6-11)7-13-10-5-3-2-4-9(10)12/h8-12H,2-7H2,1H3/t8?,9-,10-/m0/s1. The van der Waals surface area contributed by atoms with Crippen molar-refractivity contribution in [3.8, 4) is 0 Å². The first-order valence-corrected chi connectivity index (χ1v) is 6.19. The molecule has 1 unspecified atom stereocenters. The summed E-state index contributed by atoms with van der Waals surface area (Å²) in [5, 5.41) is 18.9. The lowest BCUT2D eigenvalue weighted by Gasteiger charge is -2.27. The minimum absolute atomic E-state index is 0.107. The normalized spacial score (nSPS) is 31.6. The molecule has 78 valence electrons. The van der Waals surface area contributed by atoms with Gasteiger partial charge in [0.25, 0.3) is 0 Å². The molecule has 1 aliphatic carbocycles.